The van der Waals surface area contributed by atoms with Crippen molar-refractivity contribution in [3.8, 4) is 5.82 Å². The molecule has 0 atom stereocenters. The Hall–Kier alpha value is -2.40. The van der Waals surface area contributed by atoms with Crippen LogP contribution in [0.15, 0.2) is 48.8 Å². The van der Waals surface area contributed by atoms with Crippen LogP contribution >= 0.6 is 0 Å². The average molecular weight is 310 g/mol. The Kier molecular flexibility index (Phi) is 5.21. The Morgan fingerprint density at radius 3 is 2.74 bits per heavy atom. The van der Waals surface area contributed by atoms with Gasteiger partial charge in [0, 0.05) is 13.2 Å². The smallest absolute Gasteiger partial charge is 0.140 e. The van der Waals surface area contributed by atoms with E-state index >= 15 is 0 Å². The van der Waals surface area contributed by atoms with E-state index in [2.05, 4.69) is 15.3 Å². The zero-order valence-electron chi connectivity index (χ0n) is 13.2. The van der Waals surface area contributed by atoms with Crippen LogP contribution in [0.3, 0.4) is 0 Å². The lowest BCUT2D eigenvalue weighted by Crippen LogP contribution is -2.05. The van der Waals surface area contributed by atoms with Crippen LogP contribution in [0.25, 0.3) is 16.9 Å². The Bertz CT molecular complexity index is 753. The molecule has 0 aliphatic heterocycles. The number of nitrogens with one attached hydrogen (secondary N) is 1. The van der Waals surface area contributed by atoms with E-state index in [4.69, 9.17) is 5.11 Å². The van der Waals surface area contributed by atoms with Gasteiger partial charge >= 0.3 is 0 Å². The lowest BCUT2D eigenvalue weighted by molar-refractivity contribution is 0.283. The van der Waals surface area contributed by atoms with Gasteiger partial charge in [0.15, 0.2) is 0 Å². The Labute approximate surface area is 136 Å². The van der Waals surface area contributed by atoms with Crippen molar-refractivity contribution in [2.75, 3.05) is 18.5 Å². The van der Waals surface area contributed by atoms with Crippen molar-refractivity contribution < 1.29 is 5.11 Å². The quantitative estimate of drug-likeness (QED) is 0.626. The number of fused-ring (bicyclic) bond motifs is 1. The van der Waals surface area contributed by atoms with Crippen LogP contribution in [0.1, 0.15) is 25.7 Å². The van der Waals surface area contributed by atoms with Gasteiger partial charge in [-0.05, 0) is 37.1 Å². The number of hydrogen-bond acceptors (Lipinski definition) is 4. The third kappa shape index (κ3) is 3.87. The normalized spacial score (nSPS) is 11.0. The zero-order valence-corrected chi connectivity index (χ0v) is 13.2. The topological polar surface area (TPSA) is 63.0 Å². The predicted molar refractivity (Wildman–Crippen MR) is 92.9 cm³/mol. The van der Waals surface area contributed by atoms with Crippen LogP contribution in [0.5, 0.6) is 0 Å². The highest BCUT2D eigenvalue weighted by atomic mass is 16.2. The summed E-state index contributed by atoms with van der Waals surface area (Å²) in [6, 6.07) is 14.0. The van der Waals surface area contributed by atoms with E-state index in [9.17, 15) is 0 Å². The van der Waals surface area contributed by atoms with Crippen LogP contribution in [0.4, 0.5) is 5.82 Å². The lowest BCUT2D eigenvalue weighted by atomic mass is 10.2. The number of aliphatic hydroxyl groups is 1. The number of nitrogens with zero attached hydrogens (tertiary/aromatic N) is 3. The molecule has 3 aromatic rings. The molecule has 0 unspecified atom stereocenters. The summed E-state index contributed by atoms with van der Waals surface area (Å²) in [6.07, 6.45) is 5.99. The second-order valence-electron chi connectivity index (χ2n) is 5.55. The molecule has 0 bridgehead atoms. The number of rotatable bonds is 8. The number of para-hydroxylation sites is 2. The molecule has 3 rings (SSSR count). The maximum absolute atomic E-state index is 8.76. The SMILES string of the molecule is OCCCCCCNc1cccc(-n2cnc3ccccc32)n1. The summed E-state index contributed by atoms with van der Waals surface area (Å²) in [5, 5.41) is 12.1. The number of aromatic nitrogens is 3. The molecule has 0 fully saturated rings. The van der Waals surface area contributed by atoms with Crippen LogP contribution in [0, 0.1) is 0 Å². The van der Waals surface area contributed by atoms with Crippen molar-refractivity contribution in [1.29, 1.82) is 0 Å². The summed E-state index contributed by atoms with van der Waals surface area (Å²) in [5.41, 5.74) is 2.03. The molecule has 0 radical (unpaired) electrons. The van der Waals surface area contributed by atoms with E-state index in [1.54, 1.807) is 0 Å². The maximum atomic E-state index is 8.76. The highest BCUT2D eigenvalue weighted by molar-refractivity contribution is 5.76. The van der Waals surface area contributed by atoms with Crippen molar-refractivity contribution in [3.63, 3.8) is 0 Å². The van der Waals surface area contributed by atoms with Gasteiger partial charge in [0.05, 0.1) is 11.0 Å². The van der Waals surface area contributed by atoms with E-state index in [0.717, 1.165) is 54.9 Å². The van der Waals surface area contributed by atoms with Gasteiger partial charge in [0.25, 0.3) is 0 Å². The first-order valence-corrected chi connectivity index (χ1v) is 8.13. The van der Waals surface area contributed by atoms with E-state index in [-0.39, 0.29) is 6.61 Å². The van der Waals surface area contributed by atoms with Crippen molar-refractivity contribution in [3.05, 3.63) is 48.8 Å². The molecule has 0 saturated carbocycles. The summed E-state index contributed by atoms with van der Waals surface area (Å²) in [5.74, 6) is 1.74. The van der Waals surface area contributed by atoms with Gasteiger partial charge in [0.1, 0.15) is 18.0 Å². The molecule has 0 aliphatic carbocycles. The zero-order chi connectivity index (χ0) is 15.9. The van der Waals surface area contributed by atoms with E-state index in [1.165, 1.54) is 0 Å². The minimum absolute atomic E-state index is 0.288. The fourth-order valence-electron chi connectivity index (χ4n) is 2.60. The number of benzene rings is 1. The second kappa shape index (κ2) is 7.74. The fraction of sp³-hybridized carbons (Fsp3) is 0.333. The Balaban J connectivity index is 1.66. The molecule has 0 spiro atoms. The number of unbranched alkanes of at least 4 members (excludes halogenated alkanes) is 3. The Morgan fingerprint density at radius 1 is 0.957 bits per heavy atom. The molecule has 5 nitrogen and oxygen atoms in total. The van der Waals surface area contributed by atoms with Gasteiger partial charge in [-0.25, -0.2) is 9.97 Å². The van der Waals surface area contributed by atoms with E-state index < -0.39 is 0 Å². The summed E-state index contributed by atoms with van der Waals surface area (Å²) in [4.78, 5) is 9.08. The minimum atomic E-state index is 0.288. The van der Waals surface area contributed by atoms with E-state index in [0.29, 0.717) is 0 Å². The van der Waals surface area contributed by atoms with Gasteiger partial charge in [0.2, 0.25) is 0 Å². The largest absolute Gasteiger partial charge is 0.396 e. The molecule has 120 valence electrons. The third-order valence-corrected chi connectivity index (χ3v) is 3.83. The molecule has 5 heteroatoms. The van der Waals surface area contributed by atoms with Crippen LogP contribution in [-0.2, 0) is 0 Å². The summed E-state index contributed by atoms with van der Waals surface area (Å²) in [6.45, 7) is 1.18. The maximum Gasteiger partial charge on any atom is 0.140 e. The molecule has 2 aromatic heterocycles. The van der Waals surface area contributed by atoms with E-state index in [1.807, 2.05) is 53.4 Å². The fourth-order valence-corrected chi connectivity index (χ4v) is 2.60. The van der Waals surface area contributed by atoms with Gasteiger partial charge in [-0.2, -0.15) is 0 Å². The highest BCUT2D eigenvalue weighted by Crippen LogP contribution is 2.17. The van der Waals surface area contributed by atoms with Crippen molar-refractivity contribution >= 4 is 16.9 Å². The second-order valence-corrected chi connectivity index (χ2v) is 5.55. The van der Waals surface area contributed by atoms with Crippen LogP contribution in [0.2, 0.25) is 0 Å². The minimum Gasteiger partial charge on any atom is -0.396 e. The van der Waals surface area contributed by atoms with Gasteiger partial charge < -0.3 is 10.4 Å². The number of aliphatic hydroxyl groups excluding tert-OH is 1. The number of hydrogen-bond donors (Lipinski definition) is 2. The molecular formula is C18H22N4O. The molecule has 2 heterocycles. The average Bonchev–Trinajstić information content (AvgIpc) is 3.02. The Morgan fingerprint density at radius 2 is 1.83 bits per heavy atom. The lowest BCUT2D eigenvalue weighted by Gasteiger charge is -2.08. The summed E-state index contributed by atoms with van der Waals surface area (Å²) >= 11 is 0. The molecule has 1 aromatic carbocycles. The van der Waals surface area contributed by atoms with Gasteiger partial charge in [-0.1, -0.05) is 31.0 Å². The predicted octanol–water partition coefficient (Wildman–Crippen LogP) is 3.39. The first kappa shape index (κ1) is 15.5. The van der Waals surface area contributed by atoms with Gasteiger partial charge in [-0.3, -0.25) is 4.57 Å². The molecule has 0 aliphatic rings. The first-order chi connectivity index (χ1) is 11.4. The highest BCUT2D eigenvalue weighted by Gasteiger charge is 2.05. The van der Waals surface area contributed by atoms with Crippen molar-refractivity contribution in [2.45, 2.75) is 25.7 Å². The van der Waals surface area contributed by atoms with Crippen molar-refractivity contribution in [1.82, 2.24) is 14.5 Å². The molecule has 23 heavy (non-hydrogen) atoms. The monoisotopic (exact) mass is 310 g/mol. The molecule has 2 N–H and O–H groups in total. The molecule has 0 amide bonds. The van der Waals surface area contributed by atoms with Crippen molar-refractivity contribution in [2.24, 2.45) is 0 Å². The van der Waals surface area contributed by atoms with Crippen LogP contribution < -0.4 is 5.32 Å². The molecular weight excluding hydrogens is 288 g/mol. The third-order valence-electron chi connectivity index (χ3n) is 3.83. The first-order valence-electron chi connectivity index (χ1n) is 8.13. The number of imidazole rings is 1. The van der Waals surface area contributed by atoms with Crippen LogP contribution in [-0.4, -0.2) is 32.8 Å². The standard InChI is InChI=1S/C18H22N4O/c23-13-6-2-1-5-12-19-17-10-7-11-18(21-17)22-14-20-15-8-3-4-9-16(15)22/h3-4,7-11,14,23H,1-2,5-6,12-13H2,(H,19,21). The summed E-state index contributed by atoms with van der Waals surface area (Å²) < 4.78 is 2.00. The number of anilines is 1. The molecule has 0 saturated heterocycles. The summed E-state index contributed by atoms with van der Waals surface area (Å²) in [7, 11) is 0. The van der Waals surface area contributed by atoms with Gasteiger partial charge in [-0.15, -0.1) is 0 Å². The number of pyridine rings is 1.